The number of nitrogens with zero attached hydrogens (tertiary/aromatic N) is 1. The number of phenolic OH excluding ortho intramolecular Hbond substituents is 1. The van der Waals surface area contributed by atoms with Crippen molar-refractivity contribution in [2.75, 3.05) is 11.9 Å². The second kappa shape index (κ2) is 10.3. The maximum atomic E-state index is 13.0. The molecule has 4 aromatic rings. The molecule has 0 amide bonds. The Bertz CT molecular complexity index is 1540. The summed E-state index contributed by atoms with van der Waals surface area (Å²) >= 11 is 12.6. The Labute approximate surface area is 218 Å². The highest BCUT2D eigenvalue weighted by Gasteiger charge is 2.18. The fourth-order valence-electron chi connectivity index (χ4n) is 4.37. The summed E-state index contributed by atoms with van der Waals surface area (Å²) in [5, 5.41) is 14.2. The van der Waals surface area contributed by atoms with Crippen molar-refractivity contribution in [2.45, 2.75) is 40.0 Å². The molecule has 0 bridgehead atoms. The fourth-order valence-corrected chi connectivity index (χ4v) is 4.81. The van der Waals surface area contributed by atoms with Crippen molar-refractivity contribution in [3.05, 3.63) is 84.8 Å². The van der Waals surface area contributed by atoms with Crippen LogP contribution in [0.3, 0.4) is 0 Å². The molecule has 0 aliphatic heterocycles. The lowest BCUT2D eigenvalue weighted by Gasteiger charge is -2.16. The minimum absolute atomic E-state index is 0.00463. The first-order valence-electron chi connectivity index (χ1n) is 11.6. The molecule has 0 radical (unpaired) electrons. The van der Waals surface area contributed by atoms with Crippen LogP contribution in [-0.4, -0.2) is 22.9 Å². The van der Waals surface area contributed by atoms with Gasteiger partial charge in [-0.3, -0.25) is 9.59 Å². The summed E-state index contributed by atoms with van der Waals surface area (Å²) in [6.07, 6.45) is 1.08. The van der Waals surface area contributed by atoms with Crippen LogP contribution < -0.4 is 10.7 Å². The zero-order valence-corrected chi connectivity index (χ0v) is 21.9. The third kappa shape index (κ3) is 4.84. The van der Waals surface area contributed by atoms with Crippen molar-refractivity contribution in [3.8, 4) is 17.0 Å². The minimum Gasteiger partial charge on any atom is -0.507 e. The van der Waals surface area contributed by atoms with Gasteiger partial charge in [0.2, 0.25) is 0 Å². The van der Waals surface area contributed by atoms with Gasteiger partial charge in [-0.1, -0.05) is 43.1 Å². The SMILES string of the molecule is Cc1cc(CCNc2ccc(Cl)nc2-c2ccc(O)c(C=O)c2Cl)c2oc(C(C)C)c(C)c(=O)c2c1. The smallest absolute Gasteiger partial charge is 0.195 e. The number of fused-ring (bicyclic) bond motifs is 1. The predicted molar refractivity (Wildman–Crippen MR) is 145 cm³/mol. The van der Waals surface area contributed by atoms with Crippen molar-refractivity contribution in [1.82, 2.24) is 4.98 Å². The number of aldehydes is 1. The number of carbonyl (C=O) groups is 1. The van der Waals surface area contributed by atoms with Crippen LogP contribution in [0.1, 0.15) is 52.6 Å². The molecule has 6 nitrogen and oxygen atoms in total. The molecule has 2 heterocycles. The highest BCUT2D eigenvalue weighted by atomic mass is 35.5. The number of benzene rings is 2. The molecular weight excluding hydrogens is 499 g/mol. The van der Waals surface area contributed by atoms with Crippen LogP contribution in [0.4, 0.5) is 5.69 Å². The van der Waals surface area contributed by atoms with Crippen molar-refractivity contribution in [3.63, 3.8) is 0 Å². The van der Waals surface area contributed by atoms with Crippen LogP contribution in [0.5, 0.6) is 5.75 Å². The molecule has 0 spiro atoms. The third-order valence-electron chi connectivity index (χ3n) is 6.10. The molecule has 0 fully saturated rings. The van der Waals surface area contributed by atoms with Crippen LogP contribution in [0.2, 0.25) is 10.2 Å². The summed E-state index contributed by atoms with van der Waals surface area (Å²) in [5.74, 6) is 0.574. The van der Waals surface area contributed by atoms with Gasteiger partial charge < -0.3 is 14.8 Å². The van der Waals surface area contributed by atoms with Gasteiger partial charge in [0, 0.05) is 23.6 Å². The van der Waals surface area contributed by atoms with Gasteiger partial charge in [0.25, 0.3) is 0 Å². The monoisotopic (exact) mass is 524 g/mol. The van der Waals surface area contributed by atoms with E-state index in [9.17, 15) is 14.7 Å². The van der Waals surface area contributed by atoms with E-state index in [4.69, 9.17) is 27.6 Å². The first-order chi connectivity index (χ1) is 17.1. The van der Waals surface area contributed by atoms with Crippen LogP contribution in [0.25, 0.3) is 22.2 Å². The molecule has 2 aromatic heterocycles. The normalized spacial score (nSPS) is 11.3. The number of hydrogen-bond acceptors (Lipinski definition) is 6. The van der Waals surface area contributed by atoms with E-state index in [0.717, 1.165) is 11.1 Å². The zero-order valence-electron chi connectivity index (χ0n) is 20.4. The summed E-state index contributed by atoms with van der Waals surface area (Å²) in [5.41, 5.74) is 4.70. The fraction of sp³-hybridized carbons (Fsp3) is 0.250. The van der Waals surface area contributed by atoms with E-state index in [-0.39, 0.29) is 32.8 Å². The highest BCUT2D eigenvalue weighted by Crippen LogP contribution is 2.37. The number of aromatic nitrogens is 1. The number of rotatable bonds is 7. The van der Waals surface area contributed by atoms with Gasteiger partial charge >= 0.3 is 0 Å². The lowest BCUT2D eigenvalue weighted by molar-refractivity contribution is 0.112. The Morgan fingerprint density at radius 2 is 1.89 bits per heavy atom. The molecule has 0 unspecified atom stereocenters. The Morgan fingerprint density at radius 3 is 2.58 bits per heavy atom. The number of nitrogens with one attached hydrogen (secondary N) is 1. The van der Waals surface area contributed by atoms with E-state index in [1.54, 1.807) is 18.2 Å². The maximum Gasteiger partial charge on any atom is 0.195 e. The first-order valence-corrected chi connectivity index (χ1v) is 12.3. The average molecular weight is 525 g/mol. The Hall–Kier alpha value is -3.35. The molecule has 8 heteroatoms. The van der Waals surface area contributed by atoms with E-state index in [0.29, 0.717) is 58.5 Å². The topological polar surface area (TPSA) is 92.4 Å². The summed E-state index contributed by atoms with van der Waals surface area (Å²) in [4.78, 5) is 28.9. The molecular formula is C28H26Cl2N2O4. The van der Waals surface area contributed by atoms with Gasteiger partial charge in [0.15, 0.2) is 11.7 Å². The van der Waals surface area contributed by atoms with Crippen LogP contribution in [-0.2, 0) is 6.42 Å². The van der Waals surface area contributed by atoms with Gasteiger partial charge in [0.1, 0.15) is 22.2 Å². The van der Waals surface area contributed by atoms with Gasteiger partial charge in [-0.05, 0) is 61.7 Å². The Morgan fingerprint density at radius 1 is 1.14 bits per heavy atom. The number of aromatic hydroxyl groups is 1. The molecule has 0 saturated carbocycles. The summed E-state index contributed by atoms with van der Waals surface area (Å²) < 4.78 is 6.25. The maximum absolute atomic E-state index is 13.0. The minimum atomic E-state index is -0.209. The van der Waals surface area contributed by atoms with Gasteiger partial charge in [0.05, 0.1) is 27.4 Å². The molecule has 0 saturated heterocycles. The van der Waals surface area contributed by atoms with Crippen molar-refractivity contribution >= 4 is 46.1 Å². The molecule has 2 N–H and O–H groups in total. The number of aryl methyl sites for hydroxylation is 1. The van der Waals surface area contributed by atoms with Crippen LogP contribution in [0.15, 0.2) is 45.6 Å². The number of pyridine rings is 1. The summed E-state index contributed by atoms with van der Waals surface area (Å²) in [6.45, 7) is 8.28. The van der Waals surface area contributed by atoms with Crippen molar-refractivity contribution in [1.29, 1.82) is 0 Å². The van der Waals surface area contributed by atoms with Gasteiger partial charge in [-0.15, -0.1) is 0 Å². The van der Waals surface area contributed by atoms with Gasteiger partial charge in [-0.25, -0.2) is 4.98 Å². The van der Waals surface area contributed by atoms with Crippen LogP contribution >= 0.6 is 23.2 Å². The van der Waals surface area contributed by atoms with Crippen molar-refractivity contribution in [2.24, 2.45) is 0 Å². The lowest BCUT2D eigenvalue weighted by atomic mass is 10.00. The molecule has 0 aliphatic rings. The zero-order chi connectivity index (χ0) is 26.1. The molecule has 186 valence electrons. The third-order valence-corrected chi connectivity index (χ3v) is 6.72. The van der Waals surface area contributed by atoms with Crippen LogP contribution in [0, 0.1) is 13.8 Å². The molecule has 2 aromatic carbocycles. The number of hydrogen-bond donors (Lipinski definition) is 2. The number of halogens is 2. The molecule has 0 atom stereocenters. The van der Waals surface area contributed by atoms with Gasteiger partial charge in [-0.2, -0.15) is 0 Å². The summed E-state index contributed by atoms with van der Waals surface area (Å²) in [7, 11) is 0. The number of phenols is 1. The van der Waals surface area contributed by atoms with E-state index < -0.39 is 0 Å². The Kier molecular flexibility index (Phi) is 7.38. The lowest BCUT2D eigenvalue weighted by Crippen LogP contribution is -2.13. The van der Waals surface area contributed by atoms with E-state index in [1.165, 1.54) is 6.07 Å². The molecule has 0 aliphatic carbocycles. The Balaban J connectivity index is 1.69. The van der Waals surface area contributed by atoms with Crippen molar-refractivity contribution < 1.29 is 14.3 Å². The second-order valence-corrected chi connectivity index (χ2v) is 9.83. The average Bonchev–Trinajstić information content (AvgIpc) is 2.82. The standard InChI is InChI=1S/C28H26Cl2N2O4/c1-14(2)27-16(4)26(35)19-12-15(3)11-17(28(19)36-27)9-10-31-21-6-8-23(29)32-25(21)18-5-7-22(34)20(13-33)24(18)30/h5-8,11-14,31,34H,9-10H2,1-4H3. The van der Waals surface area contributed by atoms with E-state index in [1.807, 2.05) is 39.8 Å². The highest BCUT2D eigenvalue weighted by molar-refractivity contribution is 6.36. The quantitative estimate of drug-likeness (QED) is 0.198. The first kappa shape index (κ1) is 25.7. The molecule has 36 heavy (non-hydrogen) atoms. The second-order valence-electron chi connectivity index (χ2n) is 9.06. The largest absolute Gasteiger partial charge is 0.507 e. The predicted octanol–water partition coefficient (Wildman–Crippen LogP) is 7.07. The van der Waals surface area contributed by atoms with E-state index in [2.05, 4.69) is 10.3 Å². The number of anilines is 1. The molecule has 4 rings (SSSR count). The summed E-state index contributed by atoms with van der Waals surface area (Å²) in [6, 6.07) is 10.3. The van der Waals surface area contributed by atoms with E-state index >= 15 is 0 Å². The number of carbonyl (C=O) groups excluding carboxylic acids is 1.